The van der Waals surface area contributed by atoms with Crippen molar-refractivity contribution in [2.45, 2.75) is 36.9 Å². The summed E-state index contributed by atoms with van der Waals surface area (Å²) in [5.41, 5.74) is 2.94. The van der Waals surface area contributed by atoms with E-state index in [1.54, 1.807) is 0 Å². The topological polar surface area (TPSA) is 63.1 Å². The van der Waals surface area contributed by atoms with Crippen LogP contribution in [0.4, 0.5) is 11.6 Å². The maximum atomic E-state index is 12.7. The first-order valence-electron chi connectivity index (χ1n) is 10.6. The van der Waals surface area contributed by atoms with Gasteiger partial charge in [-0.15, -0.1) is 10.2 Å². The SMILES string of the molecule is O=C(CSc1nnc(N2CCCC2)n1C1CC1)Nc1ccccc1-c1ccccc1. The minimum atomic E-state index is -0.0311. The normalized spacial score (nSPS) is 16.1. The summed E-state index contributed by atoms with van der Waals surface area (Å²) in [6, 6.07) is 18.5. The number of amides is 1. The van der Waals surface area contributed by atoms with Gasteiger partial charge in [0.25, 0.3) is 0 Å². The summed E-state index contributed by atoms with van der Waals surface area (Å²) in [7, 11) is 0. The zero-order chi connectivity index (χ0) is 20.3. The van der Waals surface area contributed by atoms with Gasteiger partial charge < -0.3 is 10.2 Å². The molecule has 3 aromatic rings. The van der Waals surface area contributed by atoms with Crippen molar-refractivity contribution in [3.05, 3.63) is 54.6 Å². The molecule has 2 fully saturated rings. The molecule has 1 aliphatic heterocycles. The summed E-state index contributed by atoms with van der Waals surface area (Å²) < 4.78 is 2.25. The summed E-state index contributed by atoms with van der Waals surface area (Å²) in [5, 5.41) is 12.8. The summed E-state index contributed by atoms with van der Waals surface area (Å²) in [4.78, 5) is 15.1. The largest absolute Gasteiger partial charge is 0.341 e. The monoisotopic (exact) mass is 419 g/mol. The summed E-state index contributed by atoms with van der Waals surface area (Å²) >= 11 is 1.47. The third kappa shape index (κ3) is 4.07. The quantitative estimate of drug-likeness (QED) is 0.567. The smallest absolute Gasteiger partial charge is 0.234 e. The fourth-order valence-electron chi connectivity index (χ4n) is 3.93. The summed E-state index contributed by atoms with van der Waals surface area (Å²) in [6.45, 7) is 2.10. The lowest BCUT2D eigenvalue weighted by molar-refractivity contribution is -0.113. The molecule has 0 bridgehead atoms. The third-order valence-corrected chi connectivity index (χ3v) is 6.51. The van der Waals surface area contributed by atoms with Gasteiger partial charge in [0, 0.05) is 30.4 Å². The minimum Gasteiger partial charge on any atom is -0.341 e. The lowest BCUT2D eigenvalue weighted by Gasteiger charge is -2.18. The highest BCUT2D eigenvalue weighted by molar-refractivity contribution is 7.99. The van der Waals surface area contributed by atoms with Crippen LogP contribution in [0, 0.1) is 0 Å². The van der Waals surface area contributed by atoms with Gasteiger partial charge in [-0.3, -0.25) is 9.36 Å². The second-order valence-electron chi connectivity index (χ2n) is 7.83. The number of hydrogen-bond acceptors (Lipinski definition) is 5. The molecule has 1 N–H and O–H groups in total. The Morgan fingerprint density at radius 2 is 1.73 bits per heavy atom. The zero-order valence-corrected chi connectivity index (χ0v) is 17.6. The maximum absolute atomic E-state index is 12.7. The number of nitrogens with one attached hydrogen (secondary N) is 1. The molecule has 30 heavy (non-hydrogen) atoms. The van der Waals surface area contributed by atoms with Crippen LogP contribution < -0.4 is 10.2 Å². The van der Waals surface area contributed by atoms with Crippen molar-refractivity contribution in [1.29, 1.82) is 0 Å². The van der Waals surface area contributed by atoms with Gasteiger partial charge in [-0.25, -0.2) is 0 Å². The maximum Gasteiger partial charge on any atom is 0.234 e. The molecule has 7 heteroatoms. The molecule has 1 amide bonds. The Bertz CT molecular complexity index is 1030. The highest BCUT2D eigenvalue weighted by Crippen LogP contribution is 2.41. The Morgan fingerprint density at radius 3 is 2.50 bits per heavy atom. The number of benzene rings is 2. The molecule has 154 valence electrons. The average molecular weight is 420 g/mol. The predicted molar refractivity (Wildman–Crippen MR) is 121 cm³/mol. The van der Waals surface area contributed by atoms with E-state index in [4.69, 9.17) is 0 Å². The number of anilines is 2. The van der Waals surface area contributed by atoms with Crippen molar-refractivity contribution < 1.29 is 4.79 Å². The zero-order valence-electron chi connectivity index (χ0n) is 16.8. The van der Waals surface area contributed by atoms with Gasteiger partial charge >= 0.3 is 0 Å². The highest BCUT2D eigenvalue weighted by atomic mass is 32.2. The van der Waals surface area contributed by atoms with Crippen LogP contribution in [0.25, 0.3) is 11.1 Å². The molecule has 1 aromatic heterocycles. The molecule has 0 spiro atoms. The fourth-order valence-corrected chi connectivity index (χ4v) is 4.73. The molecule has 1 aliphatic carbocycles. The second kappa shape index (κ2) is 8.52. The molecule has 0 atom stereocenters. The van der Waals surface area contributed by atoms with Crippen LogP contribution in [-0.4, -0.2) is 39.5 Å². The number of carbonyl (C=O) groups is 1. The van der Waals surface area contributed by atoms with Crippen molar-refractivity contribution in [2.24, 2.45) is 0 Å². The van der Waals surface area contributed by atoms with Crippen molar-refractivity contribution in [3.63, 3.8) is 0 Å². The first-order chi connectivity index (χ1) is 14.8. The van der Waals surface area contributed by atoms with E-state index >= 15 is 0 Å². The molecule has 1 saturated carbocycles. The van der Waals surface area contributed by atoms with Crippen LogP contribution in [-0.2, 0) is 4.79 Å². The Morgan fingerprint density at radius 1 is 1.00 bits per heavy atom. The van der Waals surface area contributed by atoms with Crippen molar-refractivity contribution in [1.82, 2.24) is 14.8 Å². The highest BCUT2D eigenvalue weighted by Gasteiger charge is 2.32. The fraction of sp³-hybridized carbons (Fsp3) is 0.348. The standard InChI is InChI=1S/C23H25N5OS/c29-21(24-20-11-5-4-10-19(20)17-8-2-1-3-9-17)16-30-23-26-25-22(27-14-6-7-15-27)28(23)18-12-13-18/h1-5,8-11,18H,6-7,12-16H2,(H,24,29). The van der Waals surface area contributed by atoms with E-state index in [0.29, 0.717) is 11.8 Å². The number of carbonyl (C=O) groups excluding carboxylic acids is 1. The summed E-state index contributed by atoms with van der Waals surface area (Å²) in [6.07, 6.45) is 4.76. The molecule has 1 saturated heterocycles. The van der Waals surface area contributed by atoms with E-state index in [2.05, 4.69) is 37.1 Å². The number of hydrogen-bond donors (Lipinski definition) is 1. The van der Waals surface area contributed by atoms with Crippen LogP contribution in [0.15, 0.2) is 59.8 Å². The van der Waals surface area contributed by atoms with E-state index < -0.39 is 0 Å². The van der Waals surface area contributed by atoms with E-state index in [-0.39, 0.29) is 5.91 Å². The van der Waals surface area contributed by atoms with E-state index in [0.717, 1.165) is 41.0 Å². The lowest BCUT2D eigenvalue weighted by Crippen LogP contribution is -2.22. The number of rotatable bonds is 7. The first kappa shape index (κ1) is 19.2. The molecule has 5 rings (SSSR count). The van der Waals surface area contributed by atoms with E-state index in [9.17, 15) is 4.79 Å². The van der Waals surface area contributed by atoms with Gasteiger partial charge in [0.05, 0.1) is 5.75 Å². The average Bonchev–Trinajstić information content (AvgIpc) is 3.30. The number of nitrogens with zero attached hydrogens (tertiary/aromatic N) is 4. The van der Waals surface area contributed by atoms with Gasteiger partial charge in [-0.1, -0.05) is 60.3 Å². The van der Waals surface area contributed by atoms with Crippen LogP contribution in [0.5, 0.6) is 0 Å². The molecule has 2 heterocycles. The Balaban J connectivity index is 1.28. The van der Waals surface area contributed by atoms with Crippen molar-refractivity contribution in [3.8, 4) is 11.1 Å². The molecule has 2 aromatic carbocycles. The minimum absolute atomic E-state index is 0.0311. The van der Waals surface area contributed by atoms with Crippen LogP contribution in [0.1, 0.15) is 31.7 Å². The Labute approximate surface area is 180 Å². The van der Waals surface area contributed by atoms with E-state index in [1.807, 2.05) is 42.5 Å². The first-order valence-corrected chi connectivity index (χ1v) is 11.5. The van der Waals surface area contributed by atoms with Crippen LogP contribution in [0.3, 0.4) is 0 Å². The van der Waals surface area contributed by atoms with E-state index in [1.165, 1.54) is 37.4 Å². The number of para-hydroxylation sites is 1. The van der Waals surface area contributed by atoms with Crippen molar-refractivity contribution >= 4 is 29.3 Å². The van der Waals surface area contributed by atoms with Gasteiger partial charge in [0.2, 0.25) is 11.9 Å². The molecular weight excluding hydrogens is 394 g/mol. The van der Waals surface area contributed by atoms with Gasteiger partial charge in [-0.05, 0) is 37.3 Å². The number of aromatic nitrogens is 3. The second-order valence-corrected chi connectivity index (χ2v) is 8.77. The Hall–Kier alpha value is -2.80. The molecule has 6 nitrogen and oxygen atoms in total. The van der Waals surface area contributed by atoms with Crippen LogP contribution >= 0.6 is 11.8 Å². The molecule has 2 aliphatic rings. The Kier molecular flexibility index (Phi) is 5.45. The molecule has 0 unspecified atom stereocenters. The van der Waals surface area contributed by atoms with Gasteiger partial charge in [0.15, 0.2) is 5.16 Å². The van der Waals surface area contributed by atoms with Gasteiger partial charge in [-0.2, -0.15) is 0 Å². The molecule has 0 radical (unpaired) electrons. The summed E-state index contributed by atoms with van der Waals surface area (Å²) in [5.74, 6) is 1.26. The predicted octanol–water partition coefficient (Wildman–Crippen LogP) is 4.61. The third-order valence-electron chi connectivity index (χ3n) is 5.57. The lowest BCUT2D eigenvalue weighted by atomic mass is 10.0. The number of thioether (sulfide) groups is 1. The van der Waals surface area contributed by atoms with Gasteiger partial charge in [0.1, 0.15) is 0 Å². The molecular formula is C23H25N5OS. The van der Waals surface area contributed by atoms with Crippen molar-refractivity contribution in [2.75, 3.05) is 29.1 Å². The van der Waals surface area contributed by atoms with Crippen LogP contribution in [0.2, 0.25) is 0 Å².